The van der Waals surface area contributed by atoms with Gasteiger partial charge in [-0.3, -0.25) is 14.6 Å². The van der Waals surface area contributed by atoms with Crippen molar-refractivity contribution in [2.75, 3.05) is 46.4 Å². The highest BCUT2D eigenvalue weighted by molar-refractivity contribution is 5.92. The molecule has 0 unspecified atom stereocenters. The van der Waals surface area contributed by atoms with Crippen LogP contribution in [0, 0.1) is 0 Å². The van der Waals surface area contributed by atoms with Crippen LogP contribution in [0.4, 0.5) is 13.2 Å². The maximum absolute atomic E-state index is 13.2. The van der Waals surface area contributed by atoms with E-state index in [1.54, 1.807) is 12.0 Å². The molecule has 6 rings (SSSR count). The number of hydrogen-bond donors (Lipinski definition) is 0. The SMILES string of the molecule is COc1ccc(CN2CCC(c3ccc4nc(C(=O)N5CCN(Cc6ccc(C(F)(F)F)cc6)CC5)oc4c3)CC2)cn1. The van der Waals surface area contributed by atoms with Gasteiger partial charge in [-0.25, -0.2) is 9.97 Å². The third-order valence-electron chi connectivity index (χ3n) is 8.41. The Hall–Kier alpha value is -3.96. The van der Waals surface area contributed by atoms with E-state index in [9.17, 15) is 18.0 Å². The minimum absolute atomic E-state index is 0.0891. The van der Waals surface area contributed by atoms with E-state index in [0.29, 0.717) is 55.6 Å². The monoisotopic (exact) mass is 593 g/mol. The first-order valence-electron chi connectivity index (χ1n) is 14.5. The lowest BCUT2D eigenvalue weighted by Crippen LogP contribution is -2.48. The first kappa shape index (κ1) is 29.1. The van der Waals surface area contributed by atoms with Gasteiger partial charge in [-0.2, -0.15) is 13.2 Å². The van der Waals surface area contributed by atoms with Crippen LogP contribution < -0.4 is 4.74 Å². The zero-order chi connectivity index (χ0) is 30.0. The minimum atomic E-state index is -4.34. The fourth-order valence-electron chi connectivity index (χ4n) is 5.90. The van der Waals surface area contributed by atoms with Crippen LogP contribution in [0.2, 0.25) is 0 Å². The van der Waals surface area contributed by atoms with Crippen LogP contribution in [0.15, 0.2) is 65.2 Å². The second-order valence-corrected chi connectivity index (χ2v) is 11.3. The number of carbonyl (C=O) groups is 1. The van der Waals surface area contributed by atoms with E-state index in [4.69, 9.17) is 9.15 Å². The van der Waals surface area contributed by atoms with Gasteiger partial charge >= 0.3 is 12.1 Å². The predicted octanol–water partition coefficient (Wildman–Crippen LogP) is 5.59. The van der Waals surface area contributed by atoms with Crippen LogP contribution in [0.5, 0.6) is 5.88 Å². The van der Waals surface area contributed by atoms with Gasteiger partial charge in [0, 0.05) is 51.5 Å². The van der Waals surface area contributed by atoms with Crippen molar-refractivity contribution in [2.45, 2.75) is 38.0 Å². The molecule has 0 atom stereocenters. The fraction of sp³-hybridized carbons (Fsp3) is 0.406. The van der Waals surface area contributed by atoms with Gasteiger partial charge in [0.05, 0.1) is 12.7 Å². The molecular weight excluding hydrogens is 559 g/mol. The molecule has 2 aliphatic rings. The number of benzene rings is 2. The van der Waals surface area contributed by atoms with Crippen molar-refractivity contribution >= 4 is 17.0 Å². The molecule has 4 aromatic rings. The molecular formula is C32H34F3N5O3. The quantitative estimate of drug-likeness (QED) is 0.277. The number of rotatable bonds is 7. The topological polar surface area (TPSA) is 74.9 Å². The van der Waals surface area contributed by atoms with Gasteiger partial charge in [-0.15, -0.1) is 0 Å². The van der Waals surface area contributed by atoms with E-state index in [1.807, 2.05) is 24.4 Å². The predicted molar refractivity (Wildman–Crippen MR) is 155 cm³/mol. The molecule has 2 fully saturated rings. The summed E-state index contributed by atoms with van der Waals surface area (Å²) in [6.45, 7) is 5.58. The number of pyridine rings is 1. The largest absolute Gasteiger partial charge is 0.481 e. The molecule has 2 aliphatic heterocycles. The van der Waals surface area contributed by atoms with Gasteiger partial charge in [-0.1, -0.05) is 24.3 Å². The van der Waals surface area contributed by atoms with E-state index < -0.39 is 11.7 Å². The number of piperidine rings is 1. The Bertz CT molecular complexity index is 1540. The summed E-state index contributed by atoms with van der Waals surface area (Å²) in [7, 11) is 1.61. The zero-order valence-corrected chi connectivity index (χ0v) is 24.0. The Morgan fingerprint density at radius 1 is 0.907 bits per heavy atom. The van der Waals surface area contributed by atoms with Gasteiger partial charge in [0.1, 0.15) is 5.52 Å². The zero-order valence-electron chi connectivity index (χ0n) is 24.0. The summed E-state index contributed by atoms with van der Waals surface area (Å²) < 4.78 is 49.6. The average Bonchev–Trinajstić information content (AvgIpc) is 3.45. The van der Waals surface area contributed by atoms with Crippen molar-refractivity contribution in [3.05, 3.63) is 88.9 Å². The van der Waals surface area contributed by atoms with Gasteiger partial charge in [-0.05, 0) is 72.8 Å². The molecule has 11 heteroatoms. The molecule has 0 radical (unpaired) electrons. The minimum Gasteiger partial charge on any atom is -0.481 e. The van der Waals surface area contributed by atoms with Crippen molar-refractivity contribution in [2.24, 2.45) is 0 Å². The number of amides is 1. The second-order valence-electron chi connectivity index (χ2n) is 11.3. The number of halogens is 3. The van der Waals surface area contributed by atoms with E-state index in [-0.39, 0.29) is 11.8 Å². The van der Waals surface area contributed by atoms with Crippen LogP contribution in [-0.2, 0) is 19.3 Å². The van der Waals surface area contributed by atoms with Gasteiger partial charge < -0.3 is 14.1 Å². The van der Waals surface area contributed by atoms with E-state index in [1.165, 1.54) is 23.3 Å². The van der Waals surface area contributed by atoms with Crippen molar-refractivity contribution in [1.29, 1.82) is 0 Å². The summed E-state index contributed by atoms with van der Waals surface area (Å²) in [6, 6.07) is 15.2. The maximum Gasteiger partial charge on any atom is 0.416 e. The normalized spacial score (nSPS) is 17.4. The number of methoxy groups -OCH3 is 1. The van der Waals surface area contributed by atoms with Gasteiger partial charge in [0.25, 0.3) is 5.89 Å². The van der Waals surface area contributed by atoms with E-state index in [2.05, 4.69) is 31.9 Å². The summed E-state index contributed by atoms with van der Waals surface area (Å²) in [5.41, 5.74) is 3.81. The molecule has 8 nitrogen and oxygen atoms in total. The highest BCUT2D eigenvalue weighted by Crippen LogP contribution is 2.32. The lowest BCUT2D eigenvalue weighted by molar-refractivity contribution is -0.137. The fourth-order valence-corrected chi connectivity index (χ4v) is 5.90. The Labute approximate surface area is 248 Å². The number of alkyl halides is 3. The molecule has 0 spiro atoms. The summed E-state index contributed by atoms with van der Waals surface area (Å²) in [4.78, 5) is 28.3. The summed E-state index contributed by atoms with van der Waals surface area (Å²) in [6.07, 6.45) is -0.409. The molecule has 2 aromatic carbocycles. The Balaban J connectivity index is 1.01. The Morgan fingerprint density at radius 2 is 1.58 bits per heavy atom. The Morgan fingerprint density at radius 3 is 2.23 bits per heavy atom. The van der Waals surface area contributed by atoms with Crippen molar-refractivity contribution in [3.8, 4) is 5.88 Å². The van der Waals surface area contributed by atoms with Crippen LogP contribution in [0.1, 0.15) is 51.7 Å². The second kappa shape index (κ2) is 12.3. The number of nitrogens with zero attached hydrogens (tertiary/aromatic N) is 5. The smallest absolute Gasteiger partial charge is 0.416 e. The molecule has 2 saturated heterocycles. The molecule has 0 bridgehead atoms. The van der Waals surface area contributed by atoms with Crippen LogP contribution in [-0.4, -0.2) is 77.0 Å². The number of carbonyl (C=O) groups excluding carboxylic acids is 1. The van der Waals surface area contributed by atoms with E-state index in [0.717, 1.165) is 50.2 Å². The summed E-state index contributed by atoms with van der Waals surface area (Å²) in [5.74, 6) is 0.878. The molecule has 0 saturated carbocycles. The highest BCUT2D eigenvalue weighted by Gasteiger charge is 2.30. The number of likely N-dealkylation sites (tertiary alicyclic amines) is 1. The van der Waals surface area contributed by atoms with Crippen molar-refractivity contribution in [1.82, 2.24) is 24.7 Å². The molecule has 0 aliphatic carbocycles. The maximum atomic E-state index is 13.2. The van der Waals surface area contributed by atoms with Crippen molar-refractivity contribution < 1.29 is 27.1 Å². The number of piperazine rings is 1. The van der Waals surface area contributed by atoms with E-state index >= 15 is 0 Å². The lowest BCUT2D eigenvalue weighted by atomic mass is 9.89. The highest BCUT2D eigenvalue weighted by atomic mass is 19.4. The van der Waals surface area contributed by atoms with Crippen molar-refractivity contribution in [3.63, 3.8) is 0 Å². The number of aromatic nitrogens is 2. The third-order valence-corrected chi connectivity index (χ3v) is 8.41. The standard InChI is InChI=1S/C32H34F3N5O3/c1-42-29-9-4-23(19-36-29)21-38-12-10-24(11-13-38)25-5-8-27-28(18-25)43-30(37-27)31(41)40-16-14-39(15-17-40)20-22-2-6-26(7-3-22)32(33,34)35/h2-9,18-19,24H,10-17,20-21H2,1H3. The molecule has 226 valence electrons. The van der Waals surface area contributed by atoms with Crippen LogP contribution >= 0.6 is 0 Å². The average molecular weight is 594 g/mol. The third kappa shape index (κ3) is 6.83. The van der Waals surface area contributed by atoms with Crippen LogP contribution in [0.25, 0.3) is 11.1 Å². The molecule has 0 N–H and O–H groups in total. The van der Waals surface area contributed by atoms with Crippen LogP contribution in [0.3, 0.4) is 0 Å². The number of ether oxygens (including phenoxy) is 1. The first-order valence-corrected chi connectivity index (χ1v) is 14.5. The number of fused-ring (bicyclic) bond motifs is 1. The Kier molecular flexibility index (Phi) is 8.36. The van der Waals surface area contributed by atoms with Gasteiger partial charge in [0.2, 0.25) is 5.88 Å². The number of oxazole rings is 1. The molecule has 4 heterocycles. The number of hydrogen-bond acceptors (Lipinski definition) is 7. The summed E-state index contributed by atoms with van der Waals surface area (Å²) >= 11 is 0. The lowest BCUT2D eigenvalue weighted by Gasteiger charge is -2.34. The summed E-state index contributed by atoms with van der Waals surface area (Å²) in [5, 5.41) is 0. The molecule has 2 aromatic heterocycles. The molecule has 43 heavy (non-hydrogen) atoms. The molecule has 1 amide bonds. The first-order chi connectivity index (χ1) is 20.7. The van der Waals surface area contributed by atoms with Gasteiger partial charge in [0.15, 0.2) is 5.58 Å².